The van der Waals surface area contributed by atoms with Crippen molar-refractivity contribution >= 4 is 0 Å². The van der Waals surface area contributed by atoms with Gasteiger partial charge in [0.15, 0.2) is 0 Å². The van der Waals surface area contributed by atoms with Gasteiger partial charge in [-0.15, -0.1) is 0 Å². The molecule has 0 saturated carbocycles. The lowest BCUT2D eigenvalue weighted by atomic mass is 9.78. The highest BCUT2D eigenvalue weighted by Gasteiger charge is 2.27. The molecule has 0 aliphatic rings. The zero-order valence-corrected chi connectivity index (χ0v) is 9.53. The van der Waals surface area contributed by atoms with Gasteiger partial charge in [0, 0.05) is 11.5 Å². The van der Waals surface area contributed by atoms with Gasteiger partial charge >= 0.3 is 0 Å². The van der Waals surface area contributed by atoms with Crippen LogP contribution in [0.25, 0.3) is 0 Å². The molecular formula is C12H19NO2. The van der Waals surface area contributed by atoms with E-state index in [0.29, 0.717) is 0 Å². The van der Waals surface area contributed by atoms with Gasteiger partial charge in [0.25, 0.3) is 0 Å². The van der Waals surface area contributed by atoms with Crippen LogP contribution in [0.3, 0.4) is 0 Å². The van der Waals surface area contributed by atoms with Gasteiger partial charge in [0.1, 0.15) is 5.75 Å². The van der Waals surface area contributed by atoms with Crippen LogP contribution in [0.1, 0.15) is 19.4 Å². The summed E-state index contributed by atoms with van der Waals surface area (Å²) in [4.78, 5) is 0. The summed E-state index contributed by atoms with van der Waals surface area (Å²) >= 11 is 0. The number of methoxy groups -OCH3 is 1. The van der Waals surface area contributed by atoms with Gasteiger partial charge in [0.2, 0.25) is 0 Å². The highest BCUT2D eigenvalue weighted by Crippen LogP contribution is 2.27. The number of hydrogen-bond donors (Lipinski definition) is 2. The first kappa shape index (κ1) is 12.0. The Balaban J connectivity index is 2.94. The normalized spacial score (nSPS) is 13.7. The number of nitrogens with two attached hydrogens (primary N) is 1. The van der Waals surface area contributed by atoms with Crippen molar-refractivity contribution in [2.24, 2.45) is 5.73 Å². The smallest absolute Gasteiger partial charge is 0.118 e. The Labute approximate surface area is 90.9 Å². The summed E-state index contributed by atoms with van der Waals surface area (Å²) in [7, 11) is 1.64. The Morgan fingerprint density at radius 1 is 1.33 bits per heavy atom. The number of aliphatic hydroxyl groups is 1. The van der Waals surface area contributed by atoms with Crippen molar-refractivity contribution in [3.8, 4) is 5.75 Å². The van der Waals surface area contributed by atoms with Crippen LogP contribution >= 0.6 is 0 Å². The quantitative estimate of drug-likeness (QED) is 0.785. The minimum absolute atomic E-state index is 0.0149. The number of hydrogen-bond acceptors (Lipinski definition) is 3. The molecule has 0 aromatic heterocycles. The molecule has 0 amide bonds. The highest BCUT2D eigenvalue weighted by atomic mass is 16.5. The third kappa shape index (κ3) is 2.49. The minimum atomic E-state index is -0.258. The summed E-state index contributed by atoms with van der Waals surface area (Å²) in [6, 6.07) is 7.51. The summed E-state index contributed by atoms with van der Waals surface area (Å²) in [5.41, 5.74) is 6.74. The molecule has 1 rings (SSSR count). The molecule has 15 heavy (non-hydrogen) atoms. The first-order valence-corrected chi connectivity index (χ1v) is 5.03. The summed E-state index contributed by atoms with van der Waals surface area (Å²) in [5.74, 6) is 0.826. The van der Waals surface area contributed by atoms with Gasteiger partial charge in [0.05, 0.1) is 13.7 Å². The first-order chi connectivity index (χ1) is 7.02. The van der Waals surface area contributed by atoms with Crippen LogP contribution < -0.4 is 10.5 Å². The van der Waals surface area contributed by atoms with Crippen LogP contribution in [0, 0.1) is 0 Å². The molecule has 3 heteroatoms. The zero-order valence-electron chi connectivity index (χ0n) is 9.53. The standard InChI is InChI=1S/C12H19NO2/c1-12(2,11(13)8-14)9-4-6-10(15-3)7-5-9/h4-7,11,14H,8,13H2,1-3H3. The molecule has 3 nitrogen and oxygen atoms in total. The number of benzene rings is 1. The lowest BCUT2D eigenvalue weighted by Crippen LogP contribution is -2.43. The lowest BCUT2D eigenvalue weighted by molar-refractivity contribution is 0.220. The topological polar surface area (TPSA) is 55.5 Å². The molecule has 1 aromatic rings. The molecule has 1 unspecified atom stereocenters. The third-order valence-electron chi connectivity index (χ3n) is 2.96. The van der Waals surface area contributed by atoms with Crippen molar-refractivity contribution in [1.29, 1.82) is 0 Å². The van der Waals surface area contributed by atoms with E-state index in [1.807, 2.05) is 38.1 Å². The number of aliphatic hydroxyl groups excluding tert-OH is 1. The Morgan fingerprint density at radius 2 is 1.87 bits per heavy atom. The van der Waals surface area contributed by atoms with E-state index < -0.39 is 0 Å². The lowest BCUT2D eigenvalue weighted by Gasteiger charge is -2.31. The fourth-order valence-electron chi connectivity index (χ4n) is 1.46. The van der Waals surface area contributed by atoms with Crippen LogP contribution in [0.5, 0.6) is 5.75 Å². The maximum atomic E-state index is 9.08. The summed E-state index contributed by atoms with van der Waals surface area (Å²) in [6.07, 6.45) is 0. The van der Waals surface area contributed by atoms with Gasteiger partial charge in [-0.25, -0.2) is 0 Å². The molecule has 0 aliphatic heterocycles. The molecule has 0 radical (unpaired) electrons. The van der Waals surface area contributed by atoms with Gasteiger partial charge in [-0.05, 0) is 17.7 Å². The van der Waals surface area contributed by atoms with Crippen LogP contribution in [-0.2, 0) is 5.41 Å². The molecule has 84 valence electrons. The van der Waals surface area contributed by atoms with Gasteiger partial charge < -0.3 is 15.6 Å². The van der Waals surface area contributed by atoms with Crippen LogP contribution in [0.2, 0.25) is 0 Å². The van der Waals surface area contributed by atoms with E-state index in [1.54, 1.807) is 7.11 Å². The molecule has 0 bridgehead atoms. The zero-order chi connectivity index (χ0) is 11.5. The minimum Gasteiger partial charge on any atom is -0.497 e. The van der Waals surface area contributed by atoms with Gasteiger partial charge in [-0.3, -0.25) is 0 Å². The van der Waals surface area contributed by atoms with Gasteiger partial charge in [-0.1, -0.05) is 26.0 Å². The fourth-order valence-corrected chi connectivity index (χ4v) is 1.46. The van der Waals surface area contributed by atoms with Crippen LogP contribution in [0.4, 0.5) is 0 Å². The van der Waals surface area contributed by atoms with Crippen molar-refractivity contribution in [1.82, 2.24) is 0 Å². The largest absolute Gasteiger partial charge is 0.497 e. The Kier molecular flexibility index (Phi) is 3.72. The van der Waals surface area contributed by atoms with E-state index in [2.05, 4.69) is 0 Å². The third-order valence-corrected chi connectivity index (χ3v) is 2.96. The van der Waals surface area contributed by atoms with Crippen molar-refractivity contribution in [3.63, 3.8) is 0 Å². The molecule has 0 aliphatic carbocycles. The maximum absolute atomic E-state index is 9.08. The fraction of sp³-hybridized carbons (Fsp3) is 0.500. The van der Waals surface area contributed by atoms with E-state index in [9.17, 15) is 0 Å². The summed E-state index contributed by atoms with van der Waals surface area (Å²) in [5, 5.41) is 9.08. The highest BCUT2D eigenvalue weighted by molar-refractivity contribution is 5.32. The second-order valence-electron chi connectivity index (χ2n) is 4.24. The summed E-state index contributed by atoms with van der Waals surface area (Å²) in [6.45, 7) is 4.03. The van der Waals surface area contributed by atoms with E-state index >= 15 is 0 Å². The average molecular weight is 209 g/mol. The van der Waals surface area contributed by atoms with E-state index in [4.69, 9.17) is 15.6 Å². The molecule has 0 saturated heterocycles. The number of rotatable bonds is 4. The monoisotopic (exact) mass is 209 g/mol. The second kappa shape index (κ2) is 4.64. The molecule has 0 spiro atoms. The van der Waals surface area contributed by atoms with Crippen molar-refractivity contribution in [2.75, 3.05) is 13.7 Å². The van der Waals surface area contributed by atoms with E-state index in [-0.39, 0.29) is 18.1 Å². The molecule has 1 aromatic carbocycles. The molecule has 0 heterocycles. The maximum Gasteiger partial charge on any atom is 0.118 e. The Bertz CT molecular complexity index is 306. The second-order valence-corrected chi connectivity index (χ2v) is 4.24. The van der Waals surface area contributed by atoms with E-state index in [1.165, 1.54) is 0 Å². The molecular weight excluding hydrogens is 190 g/mol. The average Bonchev–Trinajstić information content (AvgIpc) is 2.28. The predicted octanol–water partition coefficient (Wildman–Crippen LogP) is 1.29. The Hall–Kier alpha value is -1.06. The molecule has 0 fully saturated rings. The first-order valence-electron chi connectivity index (χ1n) is 5.03. The number of ether oxygens (including phenoxy) is 1. The van der Waals surface area contributed by atoms with Crippen LogP contribution in [-0.4, -0.2) is 24.9 Å². The Morgan fingerprint density at radius 3 is 2.27 bits per heavy atom. The van der Waals surface area contributed by atoms with Crippen molar-refractivity contribution in [3.05, 3.63) is 29.8 Å². The predicted molar refractivity (Wildman–Crippen MR) is 61.1 cm³/mol. The summed E-state index contributed by atoms with van der Waals surface area (Å²) < 4.78 is 5.09. The SMILES string of the molecule is COc1ccc(C(C)(C)C(N)CO)cc1. The van der Waals surface area contributed by atoms with E-state index in [0.717, 1.165) is 11.3 Å². The van der Waals surface area contributed by atoms with Gasteiger partial charge in [-0.2, -0.15) is 0 Å². The molecule has 3 N–H and O–H groups in total. The van der Waals surface area contributed by atoms with Crippen LogP contribution in [0.15, 0.2) is 24.3 Å². The van der Waals surface area contributed by atoms with Crippen molar-refractivity contribution < 1.29 is 9.84 Å². The van der Waals surface area contributed by atoms with Crippen molar-refractivity contribution in [2.45, 2.75) is 25.3 Å². The molecule has 1 atom stereocenters.